The highest BCUT2D eigenvalue weighted by atomic mass is 16.6. The number of rotatable bonds is 2. The monoisotopic (exact) mass is 100 g/mol. The topological polar surface area (TPSA) is 32.8 Å². The van der Waals surface area contributed by atoms with Gasteiger partial charge in [0.2, 0.25) is 0 Å². The van der Waals surface area contributed by atoms with E-state index in [4.69, 9.17) is 9.84 Å². The number of ether oxygens (including phenoxy) is 1. The van der Waals surface area contributed by atoms with Crippen LogP contribution in [0.15, 0.2) is 12.7 Å². The van der Waals surface area contributed by atoms with E-state index < -0.39 is 0 Å². The summed E-state index contributed by atoms with van der Waals surface area (Å²) in [6.45, 7) is 3.61. The van der Waals surface area contributed by atoms with Crippen LogP contribution in [0, 0.1) is 0 Å². The molecular weight excluding hydrogens is 92.1 g/mol. The van der Waals surface area contributed by atoms with Gasteiger partial charge in [-0.2, -0.15) is 0 Å². The zero-order valence-corrected chi connectivity index (χ0v) is 4.00. The van der Waals surface area contributed by atoms with Crippen LogP contribution in [0.2, 0.25) is 0 Å². The molecule has 40 valence electrons. The fourth-order valence-electron chi connectivity index (χ4n) is 0.511. The minimum Gasteiger partial charge on any atom is -0.394 e. The van der Waals surface area contributed by atoms with Crippen molar-refractivity contribution in [1.82, 2.24) is 0 Å². The van der Waals surface area contributed by atoms with Gasteiger partial charge < -0.3 is 9.84 Å². The number of hydrogen-bond donors (Lipinski definition) is 1. The summed E-state index contributed by atoms with van der Waals surface area (Å²) in [6.07, 6.45) is 1.88. The van der Waals surface area contributed by atoms with Crippen molar-refractivity contribution in [3.8, 4) is 0 Å². The first kappa shape index (κ1) is 4.81. The van der Waals surface area contributed by atoms with Crippen molar-refractivity contribution in [3.63, 3.8) is 0 Å². The smallest absolute Gasteiger partial charge is 0.111 e. The first-order chi connectivity index (χ1) is 3.38. The Balaban J connectivity index is 2.17. The lowest BCUT2D eigenvalue weighted by molar-refractivity contribution is 0.243. The third-order valence-corrected chi connectivity index (χ3v) is 1.03. The molecule has 1 heterocycles. The van der Waals surface area contributed by atoms with Crippen molar-refractivity contribution >= 4 is 0 Å². The largest absolute Gasteiger partial charge is 0.394 e. The van der Waals surface area contributed by atoms with Gasteiger partial charge in [0.25, 0.3) is 0 Å². The molecule has 7 heavy (non-hydrogen) atoms. The maximum atomic E-state index is 8.33. The summed E-state index contributed by atoms with van der Waals surface area (Å²) in [5.74, 6) is 0. The molecule has 2 atom stereocenters. The van der Waals surface area contributed by atoms with Crippen LogP contribution in [0.3, 0.4) is 0 Å². The molecule has 0 radical (unpaired) electrons. The van der Waals surface area contributed by atoms with Gasteiger partial charge in [-0.15, -0.1) is 6.58 Å². The van der Waals surface area contributed by atoms with E-state index in [1.807, 2.05) is 0 Å². The minimum absolute atomic E-state index is 0.0532. The first-order valence-corrected chi connectivity index (χ1v) is 2.27. The van der Waals surface area contributed by atoms with Crippen molar-refractivity contribution in [3.05, 3.63) is 12.7 Å². The summed E-state index contributed by atoms with van der Waals surface area (Å²) in [4.78, 5) is 0. The number of hydrogen-bond acceptors (Lipinski definition) is 2. The fourth-order valence-corrected chi connectivity index (χ4v) is 0.511. The summed E-state index contributed by atoms with van der Waals surface area (Å²) in [7, 11) is 0. The first-order valence-electron chi connectivity index (χ1n) is 2.27. The highest BCUT2D eigenvalue weighted by Gasteiger charge is 2.34. The normalized spacial score (nSPS) is 37.9. The maximum absolute atomic E-state index is 8.33. The van der Waals surface area contributed by atoms with Gasteiger partial charge in [-0.3, -0.25) is 0 Å². The standard InChI is InChI=1S/C5H8O2/c1-2-4-5(3-6)7-4/h2,4-6H,1,3H2/t4-,5-/m0/s1. The minimum atomic E-state index is 0.0532. The SMILES string of the molecule is C=C[C@@H]1O[C@H]1CO. The maximum Gasteiger partial charge on any atom is 0.111 e. The number of epoxide rings is 1. The van der Waals surface area contributed by atoms with E-state index in [9.17, 15) is 0 Å². The van der Waals surface area contributed by atoms with Crippen LogP contribution < -0.4 is 0 Å². The van der Waals surface area contributed by atoms with Crippen LogP contribution in [0.25, 0.3) is 0 Å². The van der Waals surface area contributed by atoms with E-state index in [-0.39, 0.29) is 18.8 Å². The van der Waals surface area contributed by atoms with E-state index >= 15 is 0 Å². The summed E-state index contributed by atoms with van der Waals surface area (Å²) < 4.78 is 4.85. The number of aliphatic hydroxyl groups excluding tert-OH is 1. The molecule has 0 amide bonds. The van der Waals surface area contributed by atoms with Crippen molar-refractivity contribution in [2.75, 3.05) is 6.61 Å². The molecule has 2 nitrogen and oxygen atoms in total. The Labute approximate surface area is 42.4 Å². The molecule has 0 aromatic carbocycles. The Bertz CT molecular complexity index is 80.1. The highest BCUT2D eigenvalue weighted by molar-refractivity contribution is 4.97. The second-order valence-electron chi connectivity index (χ2n) is 1.56. The molecule has 1 aliphatic heterocycles. The molecule has 0 bridgehead atoms. The second-order valence-corrected chi connectivity index (χ2v) is 1.56. The summed E-state index contributed by atoms with van der Waals surface area (Å²) >= 11 is 0. The zero-order chi connectivity index (χ0) is 5.28. The summed E-state index contributed by atoms with van der Waals surface area (Å²) in [6, 6.07) is 0. The van der Waals surface area contributed by atoms with Crippen LogP contribution >= 0.6 is 0 Å². The molecule has 0 spiro atoms. The van der Waals surface area contributed by atoms with Crippen molar-refractivity contribution in [1.29, 1.82) is 0 Å². The van der Waals surface area contributed by atoms with Gasteiger partial charge in [-0.05, 0) is 0 Å². The number of aliphatic hydroxyl groups is 1. The molecule has 0 unspecified atom stereocenters. The predicted molar refractivity (Wildman–Crippen MR) is 25.9 cm³/mol. The van der Waals surface area contributed by atoms with Gasteiger partial charge >= 0.3 is 0 Å². The van der Waals surface area contributed by atoms with Gasteiger partial charge in [-0.1, -0.05) is 6.08 Å². The lowest BCUT2D eigenvalue weighted by atomic mass is 10.3. The van der Waals surface area contributed by atoms with Crippen LogP contribution in [0.5, 0.6) is 0 Å². The van der Waals surface area contributed by atoms with Crippen molar-refractivity contribution in [2.45, 2.75) is 12.2 Å². The Kier molecular flexibility index (Phi) is 1.13. The molecule has 0 aromatic heterocycles. The van der Waals surface area contributed by atoms with Gasteiger partial charge in [0.05, 0.1) is 6.61 Å². The summed E-state index contributed by atoms with van der Waals surface area (Å²) in [5.41, 5.74) is 0. The molecule has 1 aliphatic rings. The second kappa shape index (κ2) is 1.64. The molecule has 1 fully saturated rings. The molecule has 2 heteroatoms. The Morgan fingerprint density at radius 1 is 1.86 bits per heavy atom. The van der Waals surface area contributed by atoms with E-state index in [2.05, 4.69) is 6.58 Å². The quantitative estimate of drug-likeness (QED) is 0.389. The average Bonchev–Trinajstić information content (AvgIpc) is 2.43. The molecular formula is C5H8O2. The van der Waals surface area contributed by atoms with Crippen molar-refractivity contribution in [2.24, 2.45) is 0 Å². The summed E-state index contributed by atoms with van der Waals surface area (Å²) in [5, 5.41) is 8.33. The van der Waals surface area contributed by atoms with Crippen LogP contribution in [-0.4, -0.2) is 23.9 Å². The Morgan fingerprint density at radius 2 is 2.57 bits per heavy atom. The predicted octanol–water partition coefficient (Wildman–Crippen LogP) is -0.0679. The Hall–Kier alpha value is -0.340. The zero-order valence-electron chi connectivity index (χ0n) is 4.00. The fraction of sp³-hybridized carbons (Fsp3) is 0.600. The van der Waals surface area contributed by atoms with Crippen LogP contribution in [-0.2, 0) is 4.74 Å². The Morgan fingerprint density at radius 3 is 2.71 bits per heavy atom. The van der Waals surface area contributed by atoms with Gasteiger partial charge in [-0.25, -0.2) is 0 Å². The van der Waals surface area contributed by atoms with Crippen molar-refractivity contribution < 1.29 is 9.84 Å². The van der Waals surface area contributed by atoms with Crippen LogP contribution in [0.1, 0.15) is 0 Å². The highest BCUT2D eigenvalue weighted by Crippen LogP contribution is 2.20. The molecule has 1 N–H and O–H groups in total. The van der Waals surface area contributed by atoms with E-state index in [1.54, 1.807) is 6.08 Å². The van der Waals surface area contributed by atoms with Gasteiger partial charge in [0, 0.05) is 0 Å². The van der Waals surface area contributed by atoms with E-state index in [0.717, 1.165) is 0 Å². The third kappa shape index (κ3) is 0.813. The molecule has 1 saturated heterocycles. The lowest BCUT2D eigenvalue weighted by Gasteiger charge is -1.74. The third-order valence-electron chi connectivity index (χ3n) is 1.03. The van der Waals surface area contributed by atoms with Gasteiger partial charge in [0.15, 0.2) is 0 Å². The average molecular weight is 100 g/mol. The molecule has 0 saturated carbocycles. The lowest BCUT2D eigenvalue weighted by Crippen LogP contribution is -1.94. The van der Waals surface area contributed by atoms with E-state index in [1.165, 1.54) is 0 Å². The molecule has 0 aromatic rings. The molecule has 1 rings (SSSR count). The van der Waals surface area contributed by atoms with Crippen LogP contribution in [0.4, 0.5) is 0 Å². The molecule has 0 aliphatic carbocycles. The van der Waals surface area contributed by atoms with Gasteiger partial charge in [0.1, 0.15) is 12.2 Å². The van der Waals surface area contributed by atoms with E-state index in [0.29, 0.717) is 0 Å².